The number of carbonyl (C=O) groups excluding carboxylic acids is 1. The summed E-state index contributed by atoms with van der Waals surface area (Å²) in [6.07, 6.45) is 3.57. The number of rotatable bonds is 4. The van der Waals surface area contributed by atoms with Crippen molar-refractivity contribution in [3.05, 3.63) is 0 Å². The fourth-order valence-corrected chi connectivity index (χ4v) is 1.64. The molecule has 1 heterocycles. The Bertz CT molecular complexity index is 167. The van der Waals surface area contributed by atoms with E-state index < -0.39 is 0 Å². The lowest BCUT2D eigenvalue weighted by Crippen LogP contribution is -2.44. The van der Waals surface area contributed by atoms with E-state index >= 15 is 0 Å². The molecular formula is C10H21N3O. The highest BCUT2D eigenvalue weighted by Crippen LogP contribution is 2.07. The zero-order chi connectivity index (χ0) is 10.2. The van der Waals surface area contributed by atoms with Crippen molar-refractivity contribution in [1.29, 1.82) is 0 Å². The number of hydrogen-bond donors (Lipinski definition) is 2. The minimum absolute atomic E-state index is 0.0996. The predicted octanol–water partition coefficient (Wildman–Crippen LogP) is 0.791. The van der Waals surface area contributed by atoms with Crippen LogP contribution >= 0.6 is 0 Å². The molecule has 14 heavy (non-hydrogen) atoms. The van der Waals surface area contributed by atoms with Crippen LogP contribution in [0.3, 0.4) is 0 Å². The standard InChI is InChI=1S/C10H21N3O/c1-2-11-6-7-12-10(14)13-8-4-3-5-9-13/h11H,2-9H2,1H3,(H,12,14). The van der Waals surface area contributed by atoms with E-state index in [4.69, 9.17) is 0 Å². The van der Waals surface area contributed by atoms with Gasteiger partial charge in [-0.05, 0) is 25.8 Å². The maximum atomic E-state index is 11.5. The molecule has 1 aliphatic rings. The monoisotopic (exact) mass is 199 g/mol. The third kappa shape index (κ3) is 3.96. The minimum atomic E-state index is 0.0996. The molecular weight excluding hydrogens is 178 g/mol. The molecule has 0 radical (unpaired) electrons. The highest BCUT2D eigenvalue weighted by atomic mass is 16.2. The first-order valence-electron chi connectivity index (χ1n) is 5.58. The smallest absolute Gasteiger partial charge is 0.317 e. The Morgan fingerprint density at radius 2 is 1.93 bits per heavy atom. The number of urea groups is 1. The van der Waals surface area contributed by atoms with Crippen molar-refractivity contribution < 1.29 is 4.79 Å². The van der Waals surface area contributed by atoms with Gasteiger partial charge in [-0.2, -0.15) is 0 Å². The summed E-state index contributed by atoms with van der Waals surface area (Å²) in [6, 6.07) is 0.0996. The van der Waals surface area contributed by atoms with Crippen LogP contribution in [0.2, 0.25) is 0 Å². The van der Waals surface area contributed by atoms with Crippen LogP contribution in [0, 0.1) is 0 Å². The van der Waals surface area contributed by atoms with E-state index in [2.05, 4.69) is 17.6 Å². The van der Waals surface area contributed by atoms with E-state index in [1.54, 1.807) is 0 Å². The fourth-order valence-electron chi connectivity index (χ4n) is 1.64. The van der Waals surface area contributed by atoms with Crippen molar-refractivity contribution >= 4 is 6.03 Å². The second-order valence-corrected chi connectivity index (χ2v) is 3.63. The van der Waals surface area contributed by atoms with Crippen molar-refractivity contribution in [2.75, 3.05) is 32.7 Å². The van der Waals surface area contributed by atoms with E-state index in [1.807, 2.05) is 4.90 Å². The van der Waals surface area contributed by atoms with E-state index in [1.165, 1.54) is 6.42 Å². The van der Waals surface area contributed by atoms with Gasteiger partial charge in [0.05, 0.1) is 0 Å². The van der Waals surface area contributed by atoms with Crippen LogP contribution in [0.25, 0.3) is 0 Å². The van der Waals surface area contributed by atoms with Crippen molar-refractivity contribution in [3.8, 4) is 0 Å². The van der Waals surface area contributed by atoms with Gasteiger partial charge in [0.25, 0.3) is 0 Å². The number of nitrogens with one attached hydrogen (secondary N) is 2. The van der Waals surface area contributed by atoms with Gasteiger partial charge in [-0.25, -0.2) is 4.79 Å². The number of hydrogen-bond acceptors (Lipinski definition) is 2. The van der Waals surface area contributed by atoms with Crippen LogP contribution < -0.4 is 10.6 Å². The van der Waals surface area contributed by atoms with Crippen molar-refractivity contribution in [2.45, 2.75) is 26.2 Å². The third-order valence-corrected chi connectivity index (χ3v) is 2.47. The summed E-state index contributed by atoms with van der Waals surface area (Å²) in [7, 11) is 0. The Balaban J connectivity index is 2.07. The van der Waals surface area contributed by atoms with Gasteiger partial charge in [-0.1, -0.05) is 6.92 Å². The normalized spacial score (nSPS) is 16.8. The van der Waals surface area contributed by atoms with Crippen LogP contribution in [-0.4, -0.2) is 43.7 Å². The Morgan fingerprint density at radius 1 is 1.21 bits per heavy atom. The summed E-state index contributed by atoms with van der Waals surface area (Å²) in [4.78, 5) is 13.5. The van der Waals surface area contributed by atoms with E-state index in [0.29, 0.717) is 0 Å². The minimum Gasteiger partial charge on any atom is -0.337 e. The van der Waals surface area contributed by atoms with Crippen LogP contribution in [0.1, 0.15) is 26.2 Å². The summed E-state index contributed by atoms with van der Waals surface area (Å²) in [6.45, 7) is 6.45. The van der Waals surface area contributed by atoms with Gasteiger partial charge in [0.2, 0.25) is 0 Å². The van der Waals surface area contributed by atoms with Gasteiger partial charge in [0, 0.05) is 26.2 Å². The van der Waals surface area contributed by atoms with Gasteiger partial charge >= 0.3 is 6.03 Å². The van der Waals surface area contributed by atoms with Crippen molar-refractivity contribution in [2.24, 2.45) is 0 Å². The average Bonchev–Trinajstić information content (AvgIpc) is 2.25. The second kappa shape index (κ2) is 6.65. The number of piperidine rings is 1. The topological polar surface area (TPSA) is 44.4 Å². The number of amides is 2. The number of likely N-dealkylation sites (tertiary alicyclic amines) is 1. The molecule has 1 fully saturated rings. The van der Waals surface area contributed by atoms with E-state index in [-0.39, 0.29) is 6.03 Å². The molecule has 0 spiro atoms. The summed E-state index contributed by atoms with van der Waals surface area (Å²) >= 11 is 0. The molecule has 82 valence electrons. The first-order chi connectivity index (χ1) is 6.84. The number of likely N-dealkylation sites (N-methyl/N-ethyl adjacent to an activating group) is 1. The first-order valence-corrected chi connectivity index (χ1v) is 5.58. The molecule has 0 bridgehead atoms. The van der Waals surface area contributed by atoms with Gasteiger partial charge in [-0.15, -0.1) is 0 Å². The van der Waals surface area contributed by atoms with Crippen LogP contribution in [0.15, 0.2) is 0 Å². The maximum Gasteiger partial charge on any atom is 0.317 e. The van der Waals surface area contributed by atoms with Crippen LogP contribution in [0.4, 0.5) is 4.79 Å². The Labute approximate surface area is 86.0 Å². The van der Waals surface area contributed by atoms with Gasteiger partial charge in [0.15, 0.2) is 0 Å². The fraction of sp³-hybridized carbons (Fsp3) is 0.900. The highest BCUT2D eigenvalue weighted by molar-refractivity contribution is 5.74. The first kappa shape index (κ1) is 11.3. The summed E-state index contributed by atoms with van der Waals surface area (Å²) in [5, 5.41) is 6.08. The molecule has 0 saturated carbocycles. The molecule has 0 unspecified atom stereocenters. The molecule has 0 aliphatic carbocycles. The lowest BCUT2D eigenvalue weighted by Gasteiger charge is -2.26. The molecule has 0 aromatic heterocycles. The molecule has 2 amide bonds. The Morgan fingerprint density at radius 3 is 2.57 bits per heavy atom. The summed E-state index contributed by atoms with van der Waals surface area (Å²) in [5.74, 6) is 0. The zero-order valence-electron chi connectivity index (χ0n) is 9.01. The summed E-state index contributed by atoms with van der Waals surface area (Å²) in [5.41, 5.74) is 0. The van der Waals surface area contributed by atoms with Gasteiger partial charge < -0.3 is 15.5 Å². The van der Waals surface area contributed by atoms with E-state index in [0.717, 1.165) is 45.6 Å². The quantitative estimate of drug-likeness (QED) is 0.658. The van der Waals surface area contributed by atoms with E-state index in [9.17, 15) is 4.79 Å². The molecule has 0 aromatic carbocycles. The predicted molar refractivity (Wildman–Crippen MR) is 57.4 cm³/mol. The molecule has 1 saturated heterocycles. The average molecular weight is 199 g/mol. The molecule has 2 N–H and O–H groups in total. The van der Waals surface area contributed by atoms with Crippen molar-refractivity contribution in [1.82, 2.24) is 15.5 Å². The zero-order valence-corrected chi connectivity index (χ0v) is 9.01. The molecule has 0 aromatic rings. The maximum absolute atomic E-state index is 11.5. The number of nitrogens with zero attached hydrogens (tertiary/aromatic N) is 1. The third-order valence-electron chi connectivity index (χ3n) is 2.47. The van der Waals surface area contributed by atoms with Gasteiger partial charge in [-0.3, -0.25) is 0 Å². The highest BCUT2D eigenvalue weighted by Gasteiger charge is 2.14. The second-order valence-electron chi connectivity index (χ2n) is 3.63. The SMILES string of the molecule is CCNCCNC(=O)N1CCCCC1. The number of carbonyl (C=O) groups is 1. The largest absolute Gasteiger partial charge is 0.337 e. The molecule has 1 rings (SSSR count). The van der Waals surface area contributed by atoms with Crippen LogP contribution in [0.5, 0.6) is 0 Å². The Kier molecular flexibility index (Phi) is 5.37. The summed E-state index contributed by atoms with van der Waals surface area (Å²) < 4.78 is 0. The molecule has 4 nitrogen and oxygen atoms in total. The molecule has 0 atom stereocenters. The lowest BCUT2D eigenvalue weighted by molar-refractivity contribution is 0.186. The molecule has 1 aliphatic heterocycles. The Hall–Kier alpha value is -0.770. The molecule has 4 heteroatoms. The lowest BCUT2D eigenvalue weighted by atomic mass is 10.1. The van der Waals surface area contributed by atoms with Crippen molar-refractivity contribution in [3.63, 3.8) is 0 Å². The van der Waals surface area contributed by atoms with Gasteiger partial charge in [0.1, 0.15) is 0 Å². The van der Waals surface area contributed by atoms with Crippen LogP contribution in [-0.2, 0) is 0 Å².